The van der Waals surface area contributed by atoms with Crippen LogP contribution in [0.15, 0.2) is 41.4 Å². The number of rotatable bonds is 6. The average Bonchev–Trinajstić information content (AvgIpc) is 2.60. The van der Waals surface area contributed by atoms with E-state index < -0.39 is 0 Å². The summed E-state index contributed by atoms with van der Waals surface area (Å²) in [4.78, 5) is 4.69. The molecule has 2 aromatic carbocycles. The van der Waals surface area contributed by atoms with E-state index in [0.29, 0.717) is 18.0 Å². The smallest absolute Gasteiger partial charge is 0.196 e. The Morgan fingerprint density at radius 1 is 1.00 bits per heavy atom. The second kappa shape index (κ2) is 10.9. The highest BCUT2D eigenvalue weighted by atomic mass is 127. The third-order valence-corrected chi connectivity index (χ3v) is 3.90. The van der Waals surface area contributed by atoms with E-state index in [2.05, 4.69) is 47.7 Å². The van der Waals surface area contributed by atoms with Gasteiger partial charge < -0.3 is 20.1 Å². The van der Waals surface area contributed by atoms with Gasteiger partial charge in [-0.15, -0.1) is 24.0 Å². The molecule has 6 heteroatoms. The van der Waals surface area contributed by atoms with Crippen LogP contribution in [0.1, 0.15) is 23.6 Å². The number of ether oxygens (including phenoxy) is 2. The predicted molar refractivity (Wildman–Crippen MR) is 119 cm³/mol. The molecule has 0 spiro atoms. The van der Waals surface area contributed by atoms with E-state index in [4.69, 9.17) is 9.47 Å². The van der Waals surface area contributed by atoms with Crippen LogP contribution in [-0.2, 0) is 6.54 Å². The molecule has 0 radical (unpaired) electrons. The van der Waals surface area contributed by atoms with Gasteiger partial charge in [-0.05, 0) is 44.0 Å². The molecule has 0 bridgehead atoms. The van der Waals surface area contributed by atoms with Crippen LogP contribution in [0.25, 0.3) is 0 Å². The van der Waals surface area contributed by atoms with Gasteiger partial charge in [0, 0.05) is 18.3 Å². The van der Waals surface area contributed by atoms with E-state index in [1.54, 1.807) is 14.2 Å². The zero-order valence-corrected chi connectivity index (χ0v) is 18.4. The minimum Gasteiger partial charge on any atom is -0.493 e. The van der Waals surface area contributed by atoms with E-state index in [9.17, 15) is 0 Å². The van der Waals surface area contributed by atoms with Crippen LogP contribution < -0.4 is 20.1 Å². The molecular formula is C20H28IN3O2. The van der Waals surface area contributed by atoms with Crippen molar-refractivity contribution in [1.82, 2.24) is 5.32 Å². The lowest BCUT2D eigenvalue weighted by atomic mass is 10.1. The fourth-order valence-electron chi connectivity index (χ4n) is 2.55. The van der Waals surface area contributed by atoms with Gasteiger partial charge in [0.1, 0.15) is 0 Å². The van der Waals surface area contributed by atoms with E-state index in [1.165, 1.54) is 16.7 Å². The number of methoxy groups -OCH3 is 2. The van der Waals surface area contributed by atoms with Gasteiger partial charge in [0.15, 0.2) is 17.5 Å². The molecule has 0 aliphatic rings. The number of hydrogen-bond donors (Lipinski definition) is 2. The average molecular weight is 469 g/mol. The molecule has 2 rings (SSSR count). The summed E-state index contributed by atoms with van der Waals surface area (Å²) in [6.07, 6.45) is 0. The molecule has 142 valence electrons. The summed E-state index contributed by atoms with van der Waals surface area (Å²) in [5, 5.41) is 6.58. The summed E-state index contributed by atoms with van der Waals surface area (Å²) in [5.74, 6) is 2.11. The van der Waals surface area contributed by atoms with Gasteiger partial charge in [0.05, 0.1) is 20.8 Å². The second-order valence-corrected chi connectivity index (χ2v) is 5.82. The summed E-state index contributed by atoms with van der Waals surface area (Å²) in [7, 11) is 3.25. The minimum absolute atomic E-state index is 0. The van der Waals surface area contributed by atoms with Crippen molar-refractivity contribution >= 4 is 35.6 Å². The van der Waals surface area contributed by atoms with Gasteiger partial charge in [0.2, 0.25) is 0 Å². The molecule has 0 amide bonds. The first-order valence-corrected chi connectivity index (χ1v) is 8.40. The first kappa shape index (κ1) is 22.1. The summed E-state index contributed by atoms with van der Waals surface area (Å²) in [5.41, 5.74) is 4.62. The molecule has 0 aromatic heterocycles. The number of halogens is 1. The van der Waals surface area contributed by atoms with E-state index in [-0.39, 0.29) is 24.0 Å². The number of nitrogens with zero attached hydrogens (tertiary/aromatic N) is 1. The zero-order valence-electron chi connectivity index (χ0n) is 16.1. The van der Waals surface area contributed by atoms with Gasteiger partial charge >= 0.3 is 0 Å². The first-order valence-electron chi connectivity index (χ1n) is 8.40. The van der Waals surface area contributed by atoms with Crippen LogP contribution in [0.5, 0.6) is 11.5 Å². The normalized spacial score (nSPS) is 10.7. The second-order valence-electron chi connectivity index (χ2n) is 5.82. The zero-order chi connectivity index (χ0) is 18.2. The van der Waals surface area contributed by atoms with Crippen molar-refractivity contribution in [3.8, 4) is 11.5 Å². The molecule has 0 atom stereocenters. The molecule has 0 fully saturated rings. The van der Waals surface area contributed by atoms with Gasteiger partial charge in [-0.25, -0.2) is 4.99 Å². The van der Waals surface area contributed by atoms with Crippen molar-refractivity contribution in [2.24, 2.45) is 4.99 Å². The summed E-state index contributed by atoms with van der Waals surface area (Å²) < 4.78 is 10.6. The van der Waals surface area contributed by atoms with Crippen molar-refractivity contribution in [1.29, 1.82) is 0 Å². The summed E-state index contributed by atoms with van der Waals surface area (Å²) >= 11 is 0. The molecular weight excluding hydrogens is 441 g/mol. The Balaban J connectivity index is 0.00000338. The fourth-order valence-corrected chi connectivity index (χ4v) is 2.55. The first-order chi connectivity index (χ1) is 12.1. The third kappa shape index (κ3) is 6.09. The monoisotopic (exact) mass is 469 g/mol. The highest BCUT2D eigenvalue weighted by Crippen LogP contribution is 2.29. The molecule has 2 N–H and O–H groups in total. The van der Waals surface area contributed by atoms with Crippen molar-refractivity contribution in [2.75, 3.05) is 26.1 Å². The summed E-state index contributed by atoms with van der Waals surface area (Å²) in [6, 6.07) is 12.1. The Kier molecular flexibility index (Phi) is 9.26. The quantitative estimate of drug-likeness (QED) is 0.371. The van der Waals surface area contributed by atoms with E-state index in [0.717, 1.165) is 18.2 Å². The lowest BCUT2D eigenvalue weighted by Gasteiger charge is -2.14. The minimum atomic E-state index is 0. The summed E-state index contributed by atoms with van der Waals surface area (Å²) in [6.45, 7) is 7.67. The van der Waals surface area contributed by atoms with Crippen LogP contribution in [-0.4, -0.2) is 26.7 Å². The Bertz CT molecular complexity index is 748. The van der Waals surface area contributed by atoms with E-state index in [1.807, 2.05) is 25.1 Å². The maximum Gasteiger partial charge on any atom is 0.196 e. The molecule has 0 aliphatic heterocycles. The maximum absolute atomic E-state index is 5.35. The molecule has 0 saturated carbocycles. The van der Waals surface area contributed by atoms with Crippen LogP contribution in [0.4, 0.5) is 5.69 Å². The topological polar surface area (TPSA) is 54.9 Å². The van der Waals surface area contributed by atoms with Crippen molar-refractivity contribution in [3.05, 3.63) is 53.1 Å². The fraction of sp³-hybridized carbons (Fsp3) is 0.350. The molecule has 0 aliphatic carbocycles. The Hall–Kier alpha value is -1.96. The van der Waals surface area contributed by atoms with Crippen LogP contribution in [0.3, 0.4) is 0 Å². The Labute approximate surface area is 173 Å². The van der Waals surface area contributed by atoms with Gasteiger partial charge in [-0.1, -0.05) is 23.8 Å². The predicted octanol–water partition coefficient (Wildman–Crippen LogP) is 4.52. The third-order valence-electron chi connectivity index (χ3n) is 3.90. The molecule has 5 nitrogen and oxygen atoms in total. The Morgan fingerprint density at radius 2 is 1.73 bits per heavy atom. The van der Waals surface area contributed by atoms with Gasteiger partial charge in [-0.3, -0.25) is 0 Å². The van der Waals surface area contributed by atoms with Crippen LogP contribution >= 0.6 is 24.0 Å². The van der Waals surface area contributed by atoms with Gasteiger partial charge in [0.25, 0.3) is 0 Å². The largest absolute Gasteiger partial charge is 0.493 e. The number of nitrogens with one attached hydrogen (secondary N) is 2. The SMILES string of the molecule is CCNC(=NCc1ccc(C)cc1C)Nc1ccc(OC)c(OC)c1.I. The number of aryl methyl sites for hydroxylation is 2. The Morgan fingerprint density at radius 3 is 2.35 bits per heavy atom. The van der Waals surface area contributed by atoms with Crippen molar-refractivity contribution in [2.45, 2.75) is 27.3 Å². The standard InChI is InChI=1S/C20H27N3O2.HI/c1-6-21-20(22-13-16-8-7-14(2)11-15(16)3)23-17-9-10-18(24-4)19(12-17)25-5;/h7-12H,6,13H2,1-5H3,(H2,21,22,23);1H. The van der Waals surface area contributed by atoms with Crippen LogP contribution in [0, 0.1) is 13.8 Å². The van der Waals surface area contributed by atoms with Crippen LogP contribution in [0.2, 0.25) is 0 Å². The van der Waals surface area contributed by atoms with E-state index >= 15 is 0 Å². The maximum atomic E-state index is 5.35. The number of hydrogen-bond acceptors (Lipinski definition) is 3. The molecule has 0 saturated heterocycles. The molecule has 26 heavy (non-hydrogen) atoms. The molecule has 0 unspecified atom stereocenters. The molecule has 0 heterocycles. The molecule has 2 aromatic rings. The number of benzene rings is 2. The van der Waals surface area contributed by atoms with Gasteiger partial charge in [-0.2, -0.15) is 0 Å². The van der Waals surface area contributed by atoms with Crippen molar-refractivity contribution < 1.29 is 9.47 Å². The number of guanidine groups is 1. The lowest BCUT2D eigenvalue weighted by Crippen LogP contribution is -2.30. The highest BCUT2D eigenvalue weighted by Gasteiger charge is 2.06. The lowest BCUT2D eigenvalue weighted by molar-refractivity contribution is 0.355. The highest BCUT2D eigenvalue weighted by molar-refractivity contribution is 14.0. The van der Waals surface area contributed by atoms with Crippen molar-refractivity contribution in [3.63, 3.8) is 0 Å². The number of anilines is 1. The number of aliphatic imine (C=N–C) groups is 1.